The molecule has 1 aliphatic rings. The lowest BCUT2D eigenvalue weighted by Gasteiger charge is -2.24. The number of nitrogens with one attached hydrogen (secondary N) is 1. The quantitative estimate of drug-likeness (QED) is 0.905. The Kier molecular flexibility index (Phi) is 4.89. The van der Waals surface area contributed by atoms with Crippen molar-refractivity contribution in [3.63, 3.8) is 0 Å². The molecule has 128 valence electrons. The van der Waals surface area contributed by atoms with Gasteiger partial charge in [0.25, 0.3) is 10.2 Å². The molecule has 5 nitrogen and oxygen atoms in total. The van der Waals surface area contributed by atoms with Crippen LogP contribution in [0.15, 0.2) is 48.5 Å². The molecule has 1 heterocycles. The Balaban J connectivity index is 2.02. The summed E-state index contributed by atoms with van der Waals surface area (Å²) in [5, 5.41) is 0. The van der Waals surface area contributed by atoms with E-state index < -0.39 is 16.3 Å². The van der Waals surface area contributed by atoms with E-state index in [0.29, 0.717) is 0 Å². The minimum Gasteiger partial charge on any atom is -0.493 e. The van der Waals surface area contributed by atoms with Gasteiger partial charge in [0.15, 0.2) is 0 Å². The Bertz CT molecular complexity index is 804. The molecular weight excluding hydrogens is 324 g/mol. The predicted molar refractivity (Wildman–Crippen MR) is 94.3 cm³/mol. The van der Waals surface area contributed by atoms with Crippen molar-refractivity contribution < 1.29 is 13.2 Å². The van der Waals surface area contributed by atoms with Crippen LogP contribution in [0.5, 0.6) is 5.75 Å². The maximum atomic E-state index is 12.4. The van der Waals surface area contributed by atoms with Gasteiger partial charge in [0.1, 0.15) is 5.75 Å². The molecule has 2 aromatic rings. The summed E-state index contributed by atoms with van der Waals surface area (Å²) in [5.41, 5.74) is 2.94. The van der Waals surface area contributed by atoms with Crippen molar-refractivity contribution >= 4 is 10.2 Å². The zero-order valence-electron chi connectivity index (χ0n) is 13.9. The van der Waals surface area contributed by atoms with Crippen LogP contribution in [0.2, 0.25) is 0 Å². The van der Waals surface area contributed by atoms with Crippen LogP contribution in [0, 0.1) is 0 Å². The van der Waals surface area contributed by atoms with E-state index in [1.54, 1.807) is 0 Å². The largest absolute Gasteiger partial charge is 0.493 e. The summed E-state index contributed by atoms with van der Waals surface area (Å²) in [4.78, 5) is 0. The minimum atomic E-state index is -3.56. The standard InChI is InChI=1S/C18H22N2O3S/c1-20(2)24(21,22)19-18(14-7-4-3-5-8-14)16-10-11-17-15(13-16)9-6-12-23-17/h3-5,7-8,10-11,13,18-19H,6,9,12H2,1-2H3/t18-/m0/s1. The molecule has 0 saturated heterocycles. The van der Waals surface area contributed by atoms with E-state index in [0.717, 1.165) is 41.9 Å². The molecule has 0 saturated carbocycles. The van der Waals surface area contributed by atoms with Crippen molar-refractivity contribution in [1.82, 2.24) is 9.03 Å². The molecule has 1 aliphatic heterocycles. The van der Waals surface area contributed by atoms with Crippen molar-refractivity contribution in [2.75, 3.05) is 20.7 Å². The summed E-state index contributed by atoms with van der Waals surface area (Å²) in [6, 6.07) is 15.1. The Morgan fingerprint density at radius 2 is 1.83 bits per heavy atom. The van der Waals surface area contributed by atoms with E-state index in [-0.39, 0.29) is 0 Å². The first-order valence-electron chi connectivity index (χ1n) is 7.98. The molecule has 6 heteroatoms. The van der Waals surface area contributed by atoms with Crippen LogP contribution >= 0.6 is 0 Å². The van der Waals surface area contributed by atoms with Crippen LogP contribution in [0.25, 0.3) is 0 Å². The molecule has 0 bridgehead atoms. The molecule has 0 radical (unpaired) electrons. The number of benzene rings is 2. The second-order valence-electron chi connectivity index (χ2n) is 6.07. The summed E-state index contributed by atoms with van der Waals surface area (Å²) in [6.45, 7) is 0.738. The van der Waals surface area contributed by atoms with Crippen molar-refractivity contribution in [2.45, 2.75) is 18.9 Å². The average Bonchev–Trinajstić information content (AvgIpc) is 2.60. The van der Waals surface area contributed by atoms with Crippen LogP contribution in [0.3, 0.4) is 0 Å². The van der Waals surface area contributed by atoms with E-state index in [1.165, 1.54) is 18.4 Å². The third kappa shape index (κ3) is 3.61. The van der Waals surface area contributed by atoms with Gasteiger partial charge in [-0.1, -0.05) is 42.5 Å². The number of aryl methyl sites for hydroxylation is 1. The van der Waals surface area contributed by atoms with Gasteiger partial charge in [0, 0.05) is 14.1 Å². The van der Waals surface area contributed by atoms with Crippen molar-refractivity contribution in [1.29, 1.82) is 0 Å². The fraction of sp³-hybridized carbons (Fsp3) is 0.333. The summed E-state index contributed by atoms with van der Waals surface area (Å²) < 4.78 is 34.4. The average molecular weight is 346 g/mol. The highest BCUT2D eigenvalue weighted by Gasteiger charge is 2.24. The summed E-state index contributed by atoms with van der Waals surface area (Å²) in [5.74, 6) is 0.896. The zero-order valence-corrected chi connectivity index (χ0v) is 14.7. The fourth-order valence-electron chi connectivity index (χ4n) is 2.79. The normalized spacial score (nSPS) is 15.6. The third-order valence-corrected chi connectivity index (χ3v) is 5.64. The first-order chi connectivity index (χ1) is 11.5. The van der Waals surface area contributed by atoms with Gasteiger partial charge in [0.05, 0.1) is 12.6 Å². The van der Waals surface area contributed by atoms with Gasteiger partial charge < -0.3 is 4.74 Å². The maximum absolute atomic E-state index is 12.4. The summed E-state index contributed by atoms with van der Waals surface area (Å²) >= 11 is 0. The van der Waals surface area contributed by atoms with Crippen LogP contribution in [0.4, 0.5) is 0 Å². The van der Waals surface area contributed by atoms with Gasteiger partial charge in [-0.3, -0.25) is 0 Å². The second kappa shape index (κ2) is 6.93. The molecule has 0 spiro atoms. The fourth-order valence-corrected chi connectivity index (χ4v) is 3.57. The smallest absolute Gasteiger partial charge is 0.279 e. The molecule has 24 heavy (non-hydrogen) atoms. The summed E-state index contributed by atoms with van der Waals surface area (Å²) in [6.07, 6.45) is 1.93. The van der Waals surface area contributed by atoms with Gasteiger partial charge >= 0.3 is 0 Å². The van der Waals surface area contributed by atoms with Gasteiger partial charge in [-0.05, 0) is 35.6 Å². The number of hydrogen-bond donors (Lipinski definition) is 1. The highest BCUT2D eigenvalue weighted by atomic mass is 32.2. The molecule has 0 fully saturated rings. The summed E-state index contributed by atoms with van der Waals surface area (Å²) in [7, 11) is -0.525. The number of rotatable bonds is 5. The Morgan fingerprint density at radius 3 is 2.54 bits per heavy atom. The van der Waals surface area contributed by atoms with Crippen LogP contribution in [-0.2, 0) is 16.6 Å². The lowest BCUT2D eigenvalue weighted by molar-refractivity contribution is 0.288. The van der Waals surface area contributed by atoms with E-state index in [1.807, 2.05) is 48.5 Å². The molecule has 0 aliphatic carbocycles. The van der Waals surface area contributed by atoms with E-state index in [9.17, 15) is 8.42 Å². The Hall–Kier alpha value is -1.89. The number of hydrogen-bond acceptors (Lipinski definition) is 3. The highest BCUT2D eigenvalue weighted by Crippen LogP contribution is 2.30. The van der Waals surface area contributed by atoms with Gasteiger partial charge in [-0.15, -0.1) is 0 Å². The highest BCUT2D eigenvalue weighted by molar-refractivity contribution is 7.87. The van der Waals surface area contributed by atoms with Gasteiger partial charge in [0.2, 0.25) is 0 Å². The number of ether oxygens (including phenoxy) is 1. The molecular formula is C18H22N2O3S. The molecule has 1 N–H and O–H groups in total. The Labute approximate surface area is 143 Å². The predicted octanol–water partition coefficient (Wildman–Crippen LogP) is 2.50. The topological polar surface area (TPSA) is 58.6 Å². The van der Waals surface area contributed by atoms with E-state index in [4.69, 9.17) is 4.74 Å². The number of nitrogens with zero attached hydrogens (tertiary/aromatic N) is 1. The Morgan fingerprint density at radius 1 is 1.08 bits per heavy atom. The minimum absolute atomic E-state index is 0.439. The first-order valence-corrected chi connectivity index (χ1v) is 9.42. The van der Waals surface area contributed by atoms with E-state index >= 15 is 0 Å². The molecule has 2 aromatic carbocycles. The lowest BCUT2D eigenvalue weighted by Crippen LogP contribution is -2.38. The monoisotopic (exact) mass is 346 g/mol. The van der Waals surface area contributed by atoms with Crippen LogP contribution in [0.1, 0.15) is 29.2 Å². The van der Waals surface area contributed by atoms with Crippen molar-refractivity contribution in [3.8, 4) is 5.75 Å². The van der Waals surface area contributed by atoms with Crippen LogP contribution < -0.4 is 9.46 Å². The lowest BCUT2D eigenvalue weighted by atomic mass is 9.95. The molecule has 0 amide bonds. The maximum Gasteiger partial charge on any atom is 0.279 e. The van der Waals surface area contributed by atoms with Gasteiger partial charge in [-0.25, -0.2) is 0 Å². The van der Waals surface area contributed by atoms with Crippen molar-refractivity contribution in [2.24, 2.45) is 0 Å². The SMILES string of the molecule is CN(C)S(=O)(=O)N[C@@H](c1ccccc1)c1ccc2c(c1)CCCO2. The first kappa shape index (κ1) is 17.0. The molecule has 1 atom stereocenters. The molecule has 0 unspecified atom stereocenters. The van der Waals surface area contributed by atoms with Gasteiger partial charge in [-0.2, -0.15) is 17.4 Å². The molecule has 3 rings (SSSR count). The zero-order chi connectivity index (χ0) is 17.2. The van der Waals surface area contributed by atoms with Crippen LogP contribution in [-0.4, -0.2) is 33.4 Å². The van der Waals surface area contributed by atoms with Crippen molar-refractivity contribution in [3.05, 3.63) is 65.2 Å². The second-order valence-corrected chi connectivity index (χ2v) is 7.98. The molecule has 0 aromatic heterocycles. The number of fused-ring (bicyclic) bond motifs is 1. The third-order valence-electron chi connectivity index (χ3n) is 4.15. The van der Waals surface area contributed by atoms with E-state index in [2.05, 4.69) is 4.72 Å².